The molecule has 1 atom stereocenters. The SMILES string of the molecule is CCCCc1ccc(C(=O)N[C@@H](CO)C(=O)O)cc1. The van der Waals surface area contributed by atoms with Crippen LogP contribution in [-0.4, -0.2) is 34.7 Å². The molecule has 0 fully saturated rings. The number of hydrogen-bond donors (Lipinski definition) is 3. The number of aliphatic hydroxyl groups is 1. The number of aryl methyl sites for hydroxylation is 1. The molecule has 0 saturated heterocycles. The molecule has 0 radical (unpaired) electrons. The highest BCUT2D eigenvalue weighted by molar-refractivity contribution is 5.96. The molecule has 0 aliphatic heterocycles. The maximum Gasteiger partial charge on any atom is 0.328 e. The van der Waals surface area contributed by atoms with Crippen molar-refractivity contribution in [3.05, 3.63) is 35.4 Å². The van der Waals surface area contributed by atoms with E-state index in [0.717, 1.165) is 24.8 Å². The molecule has 1 aromatic rings. The number of aliphatic carboxylic acids is 1. The van der Waals surface area contributed by atoms with Gasteiger partial charge in [-0.15, -0.1) is 0 Å². The molecule has 0 aromatic heterocycles. The molecule has 0 spiro atoms. The number of aliphatic hydroxyl groups excluding tert-OH is 1. The molecule has 0 aliphatic rings. The molecule has 3 N–H and O–H groups in total. The summed E-state index contributed by atoms with van der Waals surface area (Å²) in [7, 11) is 0. The minimum Gasteiger partial charge on any atom is -0.480 e. The lowest BCUT2D eigenvalue weighted by Gasteiger charge is -2.11. The summed E-state index contributed by atoms with van der Waals surface area (Å²) in [4.78, 5) is 22.5. The van der Waals surface area contributed by atoms with Crippen LogP contribution >= 0.6 is 0 Å². The monoisotopic (exact) mass is 265 g/mol. The van der Waals surface area contributed by atoms with E-state index in [1.165, 1.54) is 0 Å². The number of amides is 1. The van der Waals surface area contributed by atoms with E-state index in [2.05, 4.69) is 12.2 Å². The van der Waals surface area contributed by atoms with E-state index in [1.807, 2.05) is 12.1 Å². The molecular formula is C14H19NO4. The number of carbonyl (C=O) groups excluding carboxylic acids is 1. The number of nitrogens with one attached hydrogen (secondary N) is 1. The molecular weight excluding hydrogens is 246 g/mol. The van der Waals surface area contributed by atoms with Crippen molar-refractivity contribution in [2.24, 2.45) is 0 Å². The number of rotatable bonds is 7. The zero-order valence-electron chi connectivity index (χ0n) is 10.9. The van der Waals surface area contributed by atoms with Crippen molar-refractivity contribution in [3.63, 3.8) is 0 Å². The van der Waals surface area contributed by atoms with Gasteiger partial charge in [-0.25, -0.2) is 4.79 Å². The Morgan fingerprint density at radius 1 is 1.26 bits per heavy atom. The predicted octanol–water partition coefficient (Wildman–Crippen LogP) is 1.20. The Bertz CT molecular complexity index is 428. The smallest absolute Gasteiger partial charge is 0.328 e. The summed E-state index contributed by atoms with van der Waals surface area (Å²) >= 11 is 0. The van der Waals surface area contributed by atoms with Crippen molar-refractivity contribution in [1.29, 1.82) is 0 Å². The van der Waals surface area contributed by atoms with Gasteiger partial charge in [-0.05, 0) is 30.5 Å². The molecule has 0 heterocycles. The number of benzene rings is 1. The van der Waals surface area contributed by atoms with Crippen LogP contribution in [0.4, 0.5) is 0 Å². The van der Waals surface area contributed by atoms with Crippen LogP contribution in [0.3, 0.4) is 0 Å². The molecule has 0 saturated carbocycles. The van der Waals surface area contributed by atoms with Crippen molar-refractivity contribution < 1.29 is 19.8 Å². The van der Waals surface area contributed by atoms with Crippen LogP contribution in [0, 0.1) is 0 Å². The fourth-order valence-electron chi connectivity index (χ4n) is 1.63. The van der Waals surface area contributed by atoms with Crippen LogP contribution < -0.4 is 5.32 Å². The molecule has 1 rings (SSSR count). The molecule has 19 heavy (non-hydrogen) atoms. The summed E-state index contributed by atoms with van der Waals surface area (Å²) in [5.41, 5.74) is 1.54. The molecule has 104 valence electrons. The third-order valence-corrected chi connectivity index (χ3v) is 2.82. The van der Waals surface area contributed by atoms with E-state index in [1.54, 1.807) is 12.1 Å². The summed E-state index contributed by atoms with van der Waals surface area (Å²) in [5, 5.41) is 19.8. The fourth-order valence-corrected chi connectivity index (χ4v) is 1.63. The zero-order chi connectivity index (χ0) is 14.3. The van der Waals surface area contributed by atoms with E-state index in [0.29, 0.717) is 5.56 Å². The second kappa shape index (κ2) is 7.53. The summed E-state index contributed by atoms with van der Waals surface area (Å²) < 4.78 is 0. The van der Waals surface area contributed by atoms with E-state index in [-0.39, 0.29) is 0 Å². The van der Waals surface area contributed by atoms with E-state index < -0.39 is 24.5 Å². The molecule has 1 amide bonds. The molecule has 1 aromatic carbocycles. The van der Waals surface area contributed by atoms with E-state index >= 15 is 0 Å². The highest BCUT2D eigenvalue weighted by Gasteiger charge is 2.19. The van der Waals surface area contributed by atoms with Gasteiger partial charge in [0, 0.05) is 5.56 Å². The molecule has 5 nitrogen and oxygen atoms in total. The highest BCUT2D eigenvalue weighted by atomic mass is 16.4. The Balaban J connectivity index is 2.64. The second-order valence-corrected chi connectivity index (χ2v) is 4.35. The van der Waals surface area contributed by atoms with Crippen LogP contribution in [0.2, 0.25) is 0 Å². The molecule has 0 unspecified atom stereocenters. The number of unbranched alkanes of at least 4 members (excludes halogenated alkanes) is 1. The Hall–Kier alpha value is -1.88. The van der Waals surface area contributed by atoms with Crippen LogP contribution in [-0.2, 0) is 11.2 Å². The first-order valence-electron chi connectivity index (χ1n) is 6.32. The van der Waals surface area contributed by atoms with Gasteiger partial charge in [0.05, 0.1) is 6.61 Å². The Labute approximate surface area is 112 Å². The lowest BCUT2D eigenvalue weighted by Crippen LogP contribution is -2.43. The van der Waals surface area contributed by atoms with Gasteiger partial charge in [0.15, 0.2) is 6.04 Å². The molecule has 0 aliphatic carbocycles. The van der Waals surface area contributed by atoms with Gasteiger partial charge in [0.1, 0.15) is 0 Å². The molecule has 0 bridgehead atoms. The lowest BCUT2D eigenvalue weighted by atomic mass is 10.1. The van der Waals surface area contributed by atoms with Crippen molar-refractivity contribution in [1.82, 2.24) is 5.32 Å². The number of hydrogen-bond acceptors (Lipinski definition) is 3. The van der Waals surface area contributed by atoms with E-state index in [9.17, 15) is 9.59 Å². The van der Waals surface area contributed by atoms with Gasteiger partial charge < -0.3 is 15.5 Å². The van der Waals surface area contributed by atoms with Crippen molar-refractivity contribution >= 4 is 11.9 Å². The summed E-state index contributed by atoms with van der Waals surface area (Å²) in [5.74, 6) is -1.75. The second-order valence-electron chi connectivity index (χ2n) is 4.35. The topological polar surface area (TPSA) is 86.6 Å². The molecule has 5 heteroatoms. The van der Waals surface area contributed by atoms with Crippen LogP contribution in [0.5, 0.6) is 0 Å². The maximum absolute atomic E-state index is 11.8. The third kappa shape index (κ3) is 4.71. The normalized spacial score (nSPS) is 11.9. The van der Waals surface area contributed by atoms with Gasteiger partial charge in [-0.1, -0.05) is 25.5 Å². The van der Waals surface area contributed by atoms with E-state index in [4.69, 9.17) is 10.2 Å². The Morgan fingerprint density at radius 2 is 1.89 bits per heavy atom. The first-order valence-corrected chi connectivity index (χ1v) is 6.32. The minimum absolute atomic E-state index is 0.389. The van der Waals surface area contributed by atoms with Gasteiger partial charge in [0.25, 0.3) is 5.91 Å². The lowest BCUT2D eigenvalue weighted by molar-refractivity contribution is -0.140. The largest absolute Gasteiger partial charge is 0.480 e. The fraction of sp³-hybridized carbons (Fsp3) is 0.429. The van der Waals surface area contributed by atoms with Gasteiger partial charge in [-0.2, -0.15) is 0 Å². The first-order chi connectivity index (χ1) is 9.08. The van der Waals surface area contributed by atoms with Crippen LogP contribution in [0.15, 0.2) is 24.3 Å². The maximum atomic E-state index is 11.8. The minimum atomic E-state index is -1.27. The Kier molecular flexibility index (Phi) is 6.02. The van der Waals surface area contributed by atoms with Crippen molar-refractivity contribution in [2.75, 3.05) is 6.61 Å². The summed E-state index contributed by atoms with van der Waals surface area (Å²) in [6, 6.07) is 5.78. The zero-order valence-corrected chi connectivity index (χ0v) is 10.9. The van der Waals surface area contributed by atoms with Gasteiger partial charge >= 0.3 is 5.97 Å². The average molecular weight is 265 g/mol. The van der Waals surface area contributed by atoms with Crippen molar-refractivity contribution in [3.8, 4) is 0 Å². The average Bonchev–Trinajstić information content (AvgIpc) is 2.42. The standard InChI is InChI=1S/C14H19NO4/c1-2-3-4-10-5-7-11(8-6-10)13(17)15-12(9-16)14(18)19/h5-8,12,16H,2-4,9H2,1H3,(H,15,17)(H,18,19)/t12-/m0/s1. The Morgan fingerprint density at radius 3 is 2.37 bits per heavy atom. The highest BCUT2D eigenvalue weighted by Crippen LogP contribution is 2.08. The first kappa shape index (κ1) is 15.2. The number of carboxylic acid groups (broad SMARTS) is 1. The summed E-state index contributed by atoms with van der Waals surface area (Å²) in [6.07, 6.45) is 3.17. The van der Waals surface area contributed by atoms with Crippen molar-refractivity contribution in [2.45, 2.75) is 32.2 Å². The summed E-state index contributed by atoms with van der Waals surface area (Å²) in [6.45, 7) is 1.48. The number of carboxylic acids is 1. The predicted molar refractivity (Wildman–Crippen MR) is 71.0 cm³/mol. The number of carbonyl (C=O) groups is 2. The van der Waals surface area contributed by atoms with Gasteiger partial charge in [-0.3, -0.25) is 4.79 Å². The van der Waals surface area contributed by atoms with Crippen LogP contribution in [0.25, 0.3) is 0 Å². The van der Waals surface area contributed by atoms with Gasteiger partial charge in [0.2, 0.25) is 0 Å². The third-order valence-electron chi connectivity index (χ3n) is 2.82. The quantitative estimate of drug-likeness (QED) is 0.691. The van der Waals surface area contributed by atoms with Crippen LogP contribution in [0.1, 0.15) is 35.7 Å².